The van der Waals surface area contributed by atoms with Crippen LogP contribution in [0.5, 0.6) is 0 Å². The van der Waals surface area contributed by atoms with Gasteiger partial charge in [-0.2, -0.15) is 0 Å². The molecular formula is C9H9IN2. The number of halogens is 1. The normalized spacial score (nSPS) is 10.9. The van der Waals surface area contributed by atoms with Gasteiger partial charge >= 0.3 is 0 Å². The number of hydrogen-bond donors (Lipinski definition) is 0. The van der Waals surface area contributed by atoms with Crippen LogP contribution in [0.2, 0.25) is 0 Å². The van der Waals surface area contributed by atoms with E-state index in [4.69, 9.17) is 0 Å². The zero-order valence-electron chi connectivity index (χ0n) is 7.00. The molecule has 0 unspecified atom stereocenters. The van der Waals surface area contributed by atoms with E-state index in [2.05, 4.69) is 51.2 Å². The first kappa shape index (κ1) is 8.04. The molecule has 0 aliphatic heterocycles. The summed E-state index contributed by atoms with van der Waals surface area (Å²) in [4.78, 5) is 4.36. The van der Waals surface area contributed by atoms with Gasteiger partial charge in [-0.3, -0.25) is 0 Å². The predicted octanol–water partition coefficient (Wildman–Crippen LogP) is 2.49. The average Bonchev–Trinajstić information content (AvgIpc) is 2.28. The molecule has 0 bridgehead atoms. The van der Waals surface area contributed by atoms with Crippen molar-refractivity contribution in [3.8, 4) is 0 Å². The van der Waals surface area contributed by atoms with Crippen LogP contribution in [0.4, 0.5) is 0 Å². The van der Waals surface area contributed by atoms with E-state index in [1.54, 1.807) is 0 Å². The minimum atomic E-state index is 1.06. The zero-order valence-corrected chi connectivity index (χ0v) is 9.16. The minimum Gasteiger partial charge on any atom is -0.324 e. The quantitative estimate of drug-likeness (QED) is 0.674. The number of nitrogens with zero attached hydrogens (tertiary/aromatic N) is 2. The van der Waals surface area contributed by atoms with E-state index in [0.29, 0.717) is 0 Å². The molecule has 0 atom stereocenters. The van der Waals surface area contributed by atoms with Crippen molar-refractivity contribution in [1.29, 1.82) is 0 Å². The minimum absolute atomic E-state index is 1.06. The predicted molar refractivity (Wildman–Crippen MR) is 58.2 cm³/mol. The Morgan fingerprint density at radius 1 is 1.42 bits per heavy atom. The molecule has 0 saturated carbocycles. The van der Waals surface area contributed by atoms with Crippen LogP contribution in [0, 0.1) is 10.6 Å². The topological polar surface area (TPSA) is 17.8 Å². The lowest BCUT2D eigenvalue weighted by Gasteiger charge is -1.96. The molecule has 0 amide bonds. The Kier molecular flexibility index (Phi) is 1.83. The van der Waals surface area contributed by atoms with Crippen molar-refractivity contribution in [2.24, 2.45) is 7.05 Å². The van der Waals surface area contributed by atoms with Crippen LogP contribution in [0.3, 0.4) is 0 Å². The first-order valence-corrected chi connectivity index (χ1v) is 4.84. The number of aryl methyl sites for hydroxylation is 2. The summed E-state index contributed by atoms with van der Waals surface area (Å²) in [5.41, 5.74) is 2.27. The summed E-state index contributed by atoms with van der Waals surface area (Å²) < 4.78 is 3.32. The molecule has 2 nitrogen and oxygen atoms in total. The van der Waals surface area contributed by atoms with Gasteiger partial charge in [-0.25, -0.2) is 4.98 Å². The summed E-state index contributed by atoms with van der Waals surface area (Å²) in [6, 6.07) is 4.31. The van der Waals surface area contributed by atoms with E-state index in [9.17, 15) is 0 Å². The molecule has 0 fully saturated rings. The second-order valence-electron chi connectivity index (χ2n) is 2.95. The Bertz CT molecular complexity index is 431. The monoisotopic (exact) mass is 272 g/mol. The lowest BCUT2D eigenvalue weighted by molar-refractivity contribution is 0.919. The molecule has 2 heterocycles. The molecule has 0 saturated heterocycles. The second-order valence-corrected chi connectivity index (χ2v) is 4.06. The van der Waals surface area contributed by atoms with Crippen LogP contribution in [-0.4, -0.2) is 9.55 Å². The maximum Gasteiger partial charge on any atom is 0.140 e. The molecule has 62 valence electrons. The Hall–Kier alpha value is -0.580. The van der Waals surface area contributed by atoms with Crippen molar-refractivity contribution in [1.82, 2.24) is 9.55 Å². The van der Waals surface area contributed by atoms with Gasteiger partial charge < -0.3 is 4.57 Å². The van der Waals surface area contributed by atoms with Crippen LogP contribution in [-0.2, 0) is 7.05 Å². The van der Waals surface area contributed by atoms with E-state index in [-0.39, 0.29) is 0 Å². The molecule has 0 radical (unpaired) electrons. The third-order valence-corrected chi connectivity index (χ3v) is 2.98. The molecule has 3 heteroatoms. The third kappa shape index (κ3) is 1.12. The van der Waals surface area contributed by atoms with Crippen LogP contribution in [0.25, 0.3) is 11.0 Å². The molecule has 0 aliphatic rings. The van der Waals surface area contributed by atoms with E-state index in [1.165, 1.54) is 14.7 Å². The first-order valence-electron chi connectivity index (χ1n) is 3.76. The lowest BCUT2D eigenvalue weighted by Crippen LogP contribution is -1.91. The van der Waals surface area contributed by atoms with Crippen molar-refractivity contribution in [3.05, 3.63) is 27.6 Å². The Labute approximate surface area is 84.7 Å². The van der Waals surface area contributed by atoms with Crippen LogP contribution in [0.1, 0.15) is 5.56 Å². The molecule has 0 spiro atoms. The highest BCUT2D eigenvalue weighted by molar-refractivity contribution is 14.1. The molecular weight excluding hydrogens is 263 g/mol. The number of fused-ring (bicyclic) bond motifs is 1. The second kappa shape index (κ2) is 2.73. The average molecular weight is 272 g/mol. The fraction of sp³-hybridized carbons (Fsp3) is 0.222. The summed E-state index contributed by atoms with van der Waals surface area (Å²) in [6.45, 7) is 2.06. The summed E-state index contributed by atoms with van der Waals surface area (Å²) in [5.74, 6) is 0. The fourth-order valence-corrected chi connectivity index (χ4v) is 1.86. The van der Waals surface area contributed by atoms with Crippen LogP contribution >= 0.6 is 22.6 Å². The zero-order chi connectivity index (χ0) is 8.72. The Morgan fingerprint density at radius 3 is 2.92 bits per heavy atom. The van der Waals surface area contributed by atoms with Crippen molar-refractivity contribution in [2.45, 2.75) is 6.92 Å². The van der Waals surface area contributed by atoms with Crippen LogP contribution in [0.15, 0.2) is 18.3 Å². The largest absolute Gasteiger partial charge is 0.324 e. The number of rotatable bonds is 0. The fourth-order valence-electron chi connectivity index (χ4n) is 1.30. The van der Waals surface area contributed by atoms with Gasteiger partial charge in [0, 0.05) is 18.6 Å². The van der Waals surface area contributed by atoms with Gasteiger partial charge in [-0.15, -0.1) is 0 Å². The maximum atomic E-state index is 4.36. The highest BCUT2D eigenvalue weighted by Crippen LogP contribution is 2.18. The van der Waals surface area contributed by atoms with Gasteiger partial charge in [-0.05, 0) is 47.2 Å². The van der Waals surface area contributed by atoms with Gasteiger partial charge in [-0.1, -0.05) is 0 Å². The molecule has 12 heavy (non-hydrogen) atoms. The summed E-state index contributed by atoms with van der Waals surface area (Å²) in [7, 11) is 2.03. The standard InChI is InChI=1S/C9H9IN2/c1-6-3-7-4-8(10)12(2)9(7)11-5-6/h3-5H,1-2H3. The first-order chi connectivity index (χ1) is 5.68. The highest BCUT2D eigenvalue weighted by Gasteiger charge is 2.03. The van der Waals surface area contributed by atoms with E-state index >= 15 is 0 Å². The van der Waals surface area contributed by atoms with Gasteiger partial charge in [0.15, 0.2) is 0 Å². The van der Waals surface area contributed by atoms with Crippen LogP contribution < -0.4 is 0 Å². The molecule has 0 N–H and O–H groups in total. The van der Waals surface area contributed by atoms with Crippen molar-refractivity contribution >= 4 is 33.6 Å². The van der Waals surface area contributed by atoms with Crippen molar-refractivity contribution in [2.75, 3.05) is 0 Å². The van der Waals surface area contributed by atoms with E-state index in [0.717, 1.165) is 5.65 Å². The van der Waals surface area contributed by atoms with E-state index in [1.807, 2.05) is 13.2 Å². The van der Waals surface area contributed by atoms with Gasteiger partial charge in [0.05, 0.1) is 3.70 Å². The summed E-state index contributed by atoms with van der Waals surface area (Å²) in [5, 5.41) is 1.22. The SMILES string of the molecule is Cc1cnc2c(c1)cc(I)n2C. The Balaban J connectivity index is 2.87. The molecule has 2 rings (SSSR count). The van der Waals surface area contributed by atoms with E-state index < -0.39 is 0 Å². The number of aromatic nitrogens is 2. The highest BCUT2D eigenvalue weighted by atomic mass is 127. The van der Waals surface area contributed by atoms with Gasteiger partial charge in [0.25, 0.3) is 0 Å². The smallest absolute Gasteiger partial charge is 0.140 e. The number of hydrogen-bond acceptors (Lipinski definition) is 1. The molecule has 2 aromatic heterocycles. The van der Waals surface area contributed by atoms with Crippen molar-refractivity contribution < 1.29 is 0 Å². The summed E-state index contributed by atoms with van der Waals surface area (Å²) >= 11 is 2.31. The van der Waals surface area contributed by atoms with Crippen molar-refractivity contribution in [3.63, 3.8) is 0 Å². The number of pyridine rings is 1. The summed E-state index contributed by atoms with van der Waals surface area (Å²) in [6.07, 6.45) is 1.90. The van der Waals surface area contributed by atoms with Gasteiger partial charge in [0.1, 0.15) is 5.65 Å². The molecule has 0 aromatic carbocycles. The Morgan fingerprint density at radius 2 is 2.17 bits per heavy atom. The maximum absolute atomic E-state index is 4.36. The molecule has 2 aromatic rings. The van der Waals surface area contributed by atoms with Gasteiger partial charge in [0.2, 0.25) is 0 Å². The molecule has 0 aliphatic carbocycles. The lowest BCUT2D eigenvalue weighted by atomic mass is 10.2. The third-order valence-electron chi connectivity index (χ3n) is 1.94.